The van der Waals surface area contributed by atoms with Crippen LogP contribution in [0.25, 0.3) is 0 Å². The van der Waals surface area contributed by atoms with Crippen molar-refractivity contribution < 1.29 is 19.1 Å². The Labute approximate surface area is 196 Å². The van der Waals surface area contributed by atoms with Gasteiger partial charge >= 0.3 is 0 Å². The lowest BCUT2D eigenvalue weighted by Crippen LogP contribution is -2.46. The second-order valence-corrected chi connectivity index (χ2v) is 9.37. The fourth-order valence-electron chi connectivity index (χ4n) is 5.27. The molecular formula is C27H34N2O4. The van der Waals surface area contributed by atoms with Crippen molar-refractivity contribution in [3.05, 3.63) is 54.1 Å². The lowest BCUT2D eigenvalue weighted by atomic mass is 9.77. The number of benzene rings is 2. The Morgan fingerprint density at radius 3 is 2.15 bits per heavy atom. The zero-order valence-electron chi connectivity index (χ0n) is 19.9. The molecule has 2 amide bonds. The molecular weight excluding hydrogens is 416 g/mol. The first kappa shape index (κ1) is 23.1. The van der Waals surface area contributed by atoms with Crippen LogP contribution in [0.1, 0.15) is 51.1 Å². The summed E-state index contributed by atoms with van der Waals surface area (Å²) in [7, 11) is 3.24. The number of methoxy groups -OCH3 is 2. The van der Waals surface area contributed by atoms with E-state index in [1.54, 1.807) is 19.1 Å². The number of amides is 2. The molecule has 2 aromatic carbocycles. The van der Waals surface area contributed by atoms with E-state index >= 15 is 0 Å². The summed E-state index contributed by atoms with van der Waals surface area (Å²) in [6.07, 6.45) is 3.51. The van der Waals surface area contributed by atoms with Gasteiger partial charge in [-0.15, -0.1) is 0 Å². The summed E-state index contributed by atoms with van der Waals surface area (Å²) in [5.74, 6) is 1.93. The molecule has 0 bridgehead atoms. The molecule has 2 aromatic rings. The van der Waals surface area contributed by atoms with Gasteiger partial charge in [0.2, 0.25) is 11.8 Å². The Kier molecular flexibility index (Phi) is 6.91. The number of anilines is 1. The lowest BCUT2D eigenvalue weighted by Gasteiger charge is -2.36. The average Bonchev–Trinajstić information content (AvgIpc) is 3.19. The summed E-state index contributed by atoms with van der Waals surface area (Å²) in [5.41, 5.74) is 1.68. The fourth-order valence-corrected chi connectivity index (χ4v) is 5.27. The van der Waals surface area contributed by atoms with Crippen molar-refractivity contribution in [2.75, 3.05) is 19.1 Å². The van der Waals surface area contributed by atoms with Gasteiger partial charge in [-0.1, -0.05) is 38.8 Å². The van der Waals surface area contributed by atoms with Gasteiger partial charge in [-0.2, -0.15) is 0 Å². The molecule has 4 rings (SSSR count). The van der Waals surface area contributed by atoms with E-state index in [2.05, 4.69) is 19.2 Å². The maximum absolute atomic E-state index is 13.6. The highest BCUT2D eigenvalue weighted by Crippen LogP contribution is 2.42. The van der Waals surface area contributed by atoms with Crippen LogP contribution in [-0.4, -0.2) is 32.1 Å². The minimum absolute atomic E-state index is 0.0360. The number of rotatable bonds is 6. The molecule has 5 atom stereocenters. The number of nitrogens with zero attached hydrogens (tertiary/aromatic N) is 1. The van der Waals surface area contributed by atoms with E-state index in [4.69, 9.17) is 9.47 Å². The van der Waals surface area contributed by atoms with Crippen LogP contribution >= 0.6 is 0 Å². The van der Waals surface area contributed by atoms with Crippen molar-refractivity contribution in [3.8, 4) is 11.5 Å². The highest BCUT2D eigenvalue weighted by atomic mass is 16.5. The van der Waals surface area contributed by atoms with Crippen LogP contribution in [0.2, 0.25) is 0 Å². The Morgan fingerprint density at radius 2 is 1.55 bits per heavy atom. The number of hydrogen-bond donors (Lipinski definition) is 1. The third kappa shape index (κ3) is 4.70. The van der Waals surface area contributed by atoms with Crippen LogP contribution in [0.15, 0.2) is 48.5 Å². The summed E-state index contributed by atoms with van der Waals surface area (Å²) >= 11 is 0. The second-order valence-electron chi connectivity index (χ2n) is 9.37. The van der Waals surface area contributed by atoms with Gasteiger partial charge in [0.15, 0.2) is 0 Å². The van der Waals surface area contributed by atoms with E-state index in [-0.39, 0.29) is 30.3 Å². The third-order valence-corrected chi connectivity index (χ3v) is 7.50. The van der Waals surface area contributed by atoms with E-state index in [1.165, 1.54) is 6.42 Å². The van der Waals surface area contributed by atoms with Crippen LogP contribution in [0, 0.1) is 17.8 Å². The first-order chi connectivity index (χ1) is 15.9. The molecule has 1 saturated carbocycles. The highest BCUT2D eigenvalue weighted by Gasteiger charge is 2.46. The SMILES string of the molecule is COc1ccc([C@@H]2[C@H](C(=O)N[C@@H]3CCC[C@H](C)[C@@H]3C)CC(=O)N2c2ccc(OC)cc2)cc1. The predicted octanol–water partition coefficient (Wildman–Crippen LogP) is 4.74. The zero-order valence-corrected chi connectivity index (χ0v) is 19.9. The van der Waals surface area contributed by atoms with Gasteiger partial charge in [0.25, 0.3) is 0 Å². The molecule has 1 heterocycles. The number of nitrogens with one attached hydrogen (secondary N) is 1. The van der Waals surface area contributed by atoms with Crippen LogP contribution < -0.4 is 19.7 Å². The Morgan fingerprint density at radius 1 is 0.939 bits per heavy atom. The molecule has 6 heteroatoms. The number of ether oxygens (including phenoxy) is 2. The molecule has 1 aliphatic carbocycles. The quantitative estimate of drug-likeness (QED) is 0.690. The molecule has 6 nitrogen and oxygen atoms in total. The van der Waals surface area contributed by atoms with E-state index in [0.29, 0.717) is 11.8 Å². The smallest absolute Gasteiger partial charge is 0.228 e. The van der Waals surface area contributed by atoms with Crippen LogP contribution in [-0.2, 0) is 9.59 Å². The third-order valence-electron chi connectivity index (χ3n) is 7.50. The van der Waals surface area contributed by atoms with Gasteiger partial charge in [-0.25, -0.2) is 0 Å². The summed E-state index contributed by atoms with van der Waals surface area (Å²) in [6.45, 7) is 4.48. The van der Waals surface area contributed by atoms with Crippen molar-refractivity contribution in [2.45, 2.75) is 51.6 Å². The van der Waals surface area contributed by atoms with E-state index in [1.807, 2.05) is 48.5 Å². The largest absolute Gasteiger partial charge is 0.497 e. The standard InChI is InChI=1S/C27H34N2O4/c1-17-6-5-7-24(18(17)2)28-27(31)23-16-25(30)29(20-10-14-22(33-4)15-11-20)26(23)19-8-12-21(32-3)13-9-19/h8-15,17-18,23-24,26H,5-7,16H2,1-4H3,(H,28,31)/t17-,18-,23+,24+,26+/m0/s1. The van der Waals surface area contributed by atoms with Crippen molar-refractivity contribution in [1.82, 2.24) is 5.32 Å². The van der Waals surface area contributed by atoms with Crippen LogP contribution in [0.5, 0.6) is 11.5 Å². The molecule has 33 heavy (non-hydrogen) atoms. The molecule has 176 valence electrons. The topological polar surface area (TPSA) is 67.9 Å². The van der Waals surface area contributed by atoms with Crippen LogP contribution in [0.4, 0.5) is 5.69 Å². The minimum Gasteiger partial charge on any atom is -0.497 e. The second kappa shape index (κ2) is 9.86. The summed E-state index contributed by atoms with van der Waals surface area (Å²) in [5, 5.41) is 3.31. The van der Waals surface area contributed by atoms with Crippen molar-refractivity contribution >= 4 is 17.5 Å². The van der Waals surface area contributed by atoms with E-state index in [0.717, 1.165) is 35.6 Å². The first-order valence-electron chi connectivity index (χ1n) is 11.8. The highest BCUT2D eigenvalue weighted by molar-refractivity contribution is 6.01. The fraction of sp³-hybridized carbons (Fsp3) is 0.481. The average molecular weight is 451 g/mol. The van der Waals surface area contributed by atoms with E-state index < -0.39 is 5.92 Å². The molecule has 1 N–H and O–H groups in total. The Balaban J connectivity index is 1.65. The van der Waals surface area contributed by atoms with Gasteiger partial charge in [-0.3, -0.25) is 9.59 Å². The molecule has 0 radical (unpaired) electrons. The first-order valence-corrected chi connectivity index (χ1v) is 11.8. The van der Waals surface area contributed by atoms with Crippen LogP contribution in [0.3, 0.4) is 0 Å². The van der Waals surface area contributed by atoms with Gasteiger partial charge in [0.1, 0.15) is 11.5 Å². The van der Waals surface area contributed by atoms with Crippen molar-refractivity contribution in [3.63, 3.8) is 0 Å². The summed E-state index contributed by atoms with van der Waals surface area (Å²) in [4.78, 5) is 28.6. The number of carbonyl (C=O) groups is 2. The van der Waals surface area contributed by atoms with Gasteiger partial charge in [-0.05, 0) is 60.2 Å². The van der Waals surface area contributed by atoms with E-state index in [9.17, 15) is 9.59 Å². The number of carbonyl (C=O) groups excluding carboxylic acids is 2. The summed E-state index contributed by atoms with van der Waals surface area (Å²) < 4.78 is 10.6. The summed E-state index contributed by atoms with van der Waals surface area (Å²) in [6, 6.07) is 14.9. The zero-order chi connectivity index (χ0) is 23.5. The predicted molar refractivity (Wildman–Crippen MR) is 128 cm³/mol. The maximum atomic E-state index is 13.6. The lowest BCUT2D eigenvalue weighted by molar-refractivity contribution is -0.128. The maximum Gasteiger partial charge on any atom is 0.228 e. The molecule has 1 aliphatic heterocycles. The molecule has 2 aliphatic rings. The number of hydrogen-bond acceptors (Lipinski definition) is 4. The Bertz CT molecular complexity index is 973. The van der Waals surface area contributed by atoms with Crippen molar-refractivity contribution in [2.24, 2.45) is 17.8 Å². The molecule has 0 unspecified atom stereocenters. The molecule has 0 spiro atoms. The van der Waals surface area contributed by atoms with Gasteiger partial charge in [0.05, 0.1) is 26.2 Å². The molecule has 2 fully saturated rings. The van der Waals surface area contributed by atoms with Gasteiger partial charge < -0.3 is 19.7 Å². The van der Waals surface area contributed by atoms with Crippen molar-refractivity contribution in [1.29, 1.82) is 0 Å². The Hall–Kier alpha value is -3.02. The minimum atomic E-state index is -0.461. The molecule has 1 saturated heterocycles. The van der Waals surface area contributed by atoms with Gasteiger partial charge in [0, 0.05) is 18.2 Å². The molecule has 0 aromatic heterocycles. The normalized spacial score (nSPS) is 27.3. The monoisotopic (exact) mass is 450 g/mol.